The summed E-state index contributed by atoms with van der Waals surface area (Å²) in [5.41, 5.74) is 0.340. The van der Waals surface area contributed by atoms with E-state index in [2.05, 4.69) is 51.8 Å². The predicted octanol–water partition coefficient (Wildman–Crippen LogP) is 3.18. The second-order valence-electron chi connectivity index (χ2n) is 7.13. The summed E-state index contributed by atoms with van der Waals surface area (Å²) >= 11 is 1.77. The van der Waals surface area contributed by atoms with E-state index in [1.54, 1.807) is 11.3 Å². The number of aliphatic imine (C=N–C) groups is 1. The molecule has 1 saturated heterocycles. The topological polar surface area (TPSA) is 58.3 Å². The van der Waals surface area contributed by atoms with E-state index in [0.717, 1.165) is 37.2 Å². The van der Waals surface area contributed by atoms with Gasteiger partial charge in [0.15, 0.2) is 11.8 Å². The Hall–Kier alpha value is -1.16. The molecule has 0 radical (unpaired) electrons. The van der Waals surface area contributed by atoms with Crippen LogP contribution in [0.4, 0.5) is 0 Å². The summed E-state index contributed by atoms with van der Waals surface area (Å²) in [7, 11) is 1.98. The van der Waals surface area contributed by atoms with Crippen LogP contribution in [0.15, 0.2) is 22.5 Å². The van der Waals surface area contributed by atoms with Gasteiger partial charge in [0.1, 0.15) is 12.4 Å². The molecular formula is C17H27IN6S. The Morgan fingerprint density at radius 3 is 2.76 bits per heavy atom. The first-order valence-electron chi connectivity index (χ1n) is 8.35. The number of halogens is 1. The maximum atomic E-state index is 4.83. The van der Waals surface area contributed by atoms with Crippen LogP contribution >= 0.6 is 35.3 Å². The molecular weight excluding hydrogens is 447 g/mol. The molecule has 0 atom stereocenters. The lowest BCUT2D eigenvalue weighted by atomic mass is 9.93. The lowest BCUT2D eigenvalue weighted by molar-refractivity contribution is 0.369. The number of nitrogens with zero attached hydrogens (tertiary/aromatic N) is 5. The van der Waals surface area contributed by atoms with E-state index in [1.165, 1.54) is 11.3 Å². The summed E-state index contributed by atoms with van der Waals surface area (Å²) in [6.45, 7) is 10.0. The van der Waals surface area contributed by atoms with Gasteiger partial charge in [-0.3, -0.25) is 0 Å². The van der Waals surface area contributed by atoms with Gasteiger partial charge in [0, 0.05) is 25.0 Å². The highest BCUT2D eigenvalue weighted by atomic mass is 127. The molecule has 0 saturated carbocycles. The normalized spacial score (nSPS) is 16.8. The van der Waals surface area contributed by atoms with Crippen molar-refractivity contribution in [2.24, 2.45) is 17.5 Å². The first kappa shape index (κ1) is 20.2. The molecule has 0 aromatic carbocycles. The Labute approximate surface area is 170 Å². The molecule has 2 aromatic rings. The number of guanidine groups is 1. The van der Waals surface area contributed by atoms with Gasteiger partial charge in [0.05, 0.1) is 6.54 Å². The van der Waals surface area contributed by atoms with Gasteiger partial charge in [-0.1, -0.05) is 19.9 Å². The van der Waals surface area contributed by atoms with E-state index in [0.29, 0.717) is 12.0 Å². The highest BCUT2D eigenvalue weighted by Crippen LogP contribution is 2.28. The molecule has 2 aromatic heterocycles. The fourth-order valence-electron chi connectivity index (χ4n) is 2.87. The van der Waals surface area contributed by atoms with Gasteiger partial charge in [-0.15, -0.1) is 45.5 Å². The number of aromatic nitrogens is 3. The maximum Gasteiger partial charge on any atom is 0.194 e. The Morgan fingerprint density at radius 2 is 2.20 bits per heavy atom. The summed E-state index contributed by atoms with van der Waals surface area (Å²) in [6.07, 6.45) is 1.19. The van der Waals surface area contributed by atoms with Gasteiger partial charge >= 0.3 is 0 Å². The van der Waals surface area contributed by atoms with Crippen molar-refractivity contribution in [3.05, 3.63) is 34.0 Å². The smallest absolute Gasteiger partial charge is 0.194 e. The second kappa shape index (κ2) is 8.48. The third-order valence-corrected chi connectivity index (χ3v) is 5.41. The molecule has 25 heavy (non-hydrogen) atoms. The van der Waals surface area contributed by atoms with E-state index in [9.17, 15) is 0 Å². The van der Waals surface area contributed by atoms with Crippen LogP contribution in [0.5, 0.6) is 0 Å². The summed E-state index contributed by atoms with van der Waals surface area (Å²) < 4.78 is 1.99. The Bertz CT molecular complexity index is 707. The van der Waals surface area contributed by atoms with Crippen molar-refractivity contribution in [3.63, 3.8) is 0 Å². The number of hydrogen-bond donors (Lipinski definition) is 1. The largest absolute Gasteiger partial charge is 0.351 e. The molecule has 1 N–H and O–H groups in total. The Morgan fingerprint density at radius 1 is 1.40 bits per heavy atom. The molecule has 1 fully saturated rings. The number of nitrogens with one attached hydrogen (secondary N) is 1. The maximum absolute atomic E-state index is 4.83. The number of thiophene rings is 1. The summed E-state index contributed by atoms with van der Waals surface area (Å²) in [5.74, 6) is 2.77. The molecule has 0 bridgehead atoms. The predicted molar refractivity (Wildman–Crippen MR) is 113 cm³/mol. The highest BCUT2D eigenvalue weighted by molar-refractivity contribution is 14.0. The molecule has 138 valence electrons. The van der Waals surface area contributed by atoms with Crippen LogP contribution in [0.2, 0.25) is 0 Å². The summed E-state index contributed by atoms with van der Waals surface area (Å²) in [5, 5.41) is 14.0. The number of aryl methyl sites for hydroxylation is 1. The van der Waals surface area contributed by atoms with Gasteiger partial charge < -0.3 is 14.8 Å². The monoisotopic (exact) mass is 474 g/mol. The third kappa shape index (κ3) is 5.16. The average molecular weight is 474 g/mol. The van der Waals surface area contributed by atoms with Crippen LogP contribution in [-0.2, 0) is 20.1 Å². The SMILES string of the molecule is Cc1nnc(CN=C(NCc2cccs2)N2CCC(C)(C)C2)n1C.I. The van der Waals surface area contributed by atoms with E-state index in [4.69, 9.17) is 4.99 Å². The summed E-state index contributed by atoms with van der Waals surface area (Å²) in [4.78, 5) is 8.50. The number of likely N-dealkylation sites (tertiary alicyclic amines) is 1. The minimum Gasteiger partial charge on any atom is -0.351 e. The molecule has 8 heteroatoms. The van der Waals surface area contributed by atoms with Crippen molar-refractivity contribution in [1.29, 1.82) is 0 Å². The van der Waals surface area contributed by atoms with Crippen molar-refractivity contribution in [1.82, 2.24) is 25.0 Å². The molecule has 0 amide bonds. The van der Waals surface area contributed by atoms with Crippen LogP contribution in [0.25, 0.3) is 0 Å². The van der Waals surface area contributed by atoms with E-state index in [1.807, 2.05) is 18.5 Å². The first-order valence-corrected chi connectivity index (χ1v) is 9.23. The van der Waals surface area contributed by atoms with Gasteiger partial charge in [-0.05, 0) is 30.2 Å². The standard InChI is InChI=1S/C17H26N6S.HI/c1-13-20-21-15(22(13)4)11-19-16(18-10-14-6-5-9-24-14)23-8-7-17(2,3)12-23;/h5-6,9H,7-8,10-12H2,1-4H3,(H,18,19);1H. The Balaban J connectivity index is 0.00000225. The molecule has 0 unspecified atom stereocenters. The molecule has 3 rings (SSSR count). The molecule has 1 aliphatic heterocycles. The van der Waals surface area contributed by atoms with Crippen LogP contribution in [-0.4, -0.2) is 38.7 Å². The quantitative estimate of drug-likeness (QED) is 0.420. The zero-order valence-corrected chi connectivity index (χ0v) is 18.5. The van der Waals surface area contributed by atoms with Crippen molar-refractivity contribution >= 4 is 41.3 Å². The highest BCUT2D eigenvalue weighted by Gasteiger charge is 2.31. The van der Waals surface area contributed by atoms with Crippen LogP contribution in [0.1, 0.15) is 36.8 Å². The minimum atomic E-state index is 0. The van der Waals surface area contributed by atoms with Gasteiger partial charge in [-0.2, -0.15) is 0 Å². The second-order valence-corrected chi connectivity index (χ2v) is 8.16. The zero-order chi connectivity index (χ0) is 17.2. The third-order valence-electron chi connectivity index (χ3n) is 4.53. The molecule has 1 aliphatic rings. The lowest BCUT2D eigenvalue weighted by Gasteiger charge is -2.24. The fraction of sp³-hybridized carbons (Fsp3) is 0.588. The van der Waals surface area contributed by atoms with Gasteiger partial charge in [0.25, 0.3) is 0 Å². The minimum absolute atomic E-state index is 0. The van der Waals surface area contributed by atoms with Crippen LogP contribution in [0, 0.1) is 12.3 Å². The number of hydrogen-bond acceptors (Lipinski definition) is 4. The van der Waals surface area contributed by atoms with Crippen molar-refractivity contribution < 1.29 is 0 Å². The molecule has 0 aliphatic carbocycles. The van der Waals surface area contributed by atoms with Crippen molar-refractivity contribution in [2.45, 2.75) is 40.3 Å². The molecule has 6 nitrogen and oxygen atoms in total. The fourth-order valence-corrected chi connectivity index (χ4v) is 3.52. The van der Waals surface area contributed by atoms with Crippen molar-refractivity contribution in [3.8, 4) is 0 Å². The van der Waals surface area contributed by atoms with Crippen LogP contribution in [0.3, 0.4) is 0 Å². The molecule has 3 heterocycles. The lowest BCUT2D eigenvalue weighted by Crippen LogP contribution is -2.40. The number of rotatable bonds is 4. The van der Waals surface area contributed by atoms with E-state index < -0.39 is 0 Å². The average Bonchev–Trinajstić information content (AvgIpc) is 3.24. The van der Waals surface area contributed by atoms with Crippen molar-refractivity contribution in [2.75, 3.05) is 13.1 Å². The van der Waals surface area contributed by atoms with Crippen LogP contribution < -0.4 is 5.32 Å². The van der Waals surface area contributed by atoms with E-state index in [-0.39, 0.29) is 24.0 Å². The first-order chi connectivity index (χ1) is 11.4. The Kier molecular flexibility index (Phi) is 6.84. The van der Waals surface area contributed by atoms with Gasteiger partial charge in [-0.25, -0.2) is 4.99 Å². The van der Waals surface area contributed by atoms with E-state index >= 15 is 0 Å². The van der Waals surface area contributed by atoms with Gasteiger partial charge in [0.2, 0.25) is 0 Å². The summed E-state index contributed by atoms with van der Waals surface area (Å²) in [6, 6.07) is 4.23. The zero-order valence-electron chi connectivity index (χ0n) is 15.3. The molecule has 0 spiro atoms.